The molecule has 1 N–H and O–H groups in total. The largest absolute Gasteiger partial charge is 0.497 e. The number of aromatic nitrogens is 2. The van der Waals surface area contributed by atoms with Crippen molar-refractivity contribution in [2.75, 3.05) is 19.5 Å². The molecule has 0 spiro atoms. The highest BCUT2D eigenvalue weighted by Gasteiger charge is 2.14. The minimum absolute atomic E-state index is 0.597. The van der Waals surface area contributed by atoms with Gasteiger partial charge >= 0.3 is 0 Å². The lowest BCUT2D eigenvalue weighted by Crippen LogP contribution is -1.98. The number of hydrogen-bond donors (Lipinski definition) is 1. The Morgan fingerprint density at radius 2 is 1.77 bits per heavy atom. The maximum absolute atomic E-state index is 6.15. The van der Waals surface area contributed by atoms with E-state index in [-0.39, 0.29) is 0 Å². The second-order valence-corrected chi connectivity index (χ2v) is 8.44. The van der Waals surface area contributed by atoms with Gasteiger partial charge in [-0.15, -0.1) is 11.3 Å². The molecule has 0 fully saturated rings. The van der Waals surface area contributed by atoms with Gasteiger partial charge in [0.25, 0.3) is 0 Å². The third-order valence-electron chi connectivity index (χ3n) is 4.24. The Morgan fingerprint density at radius 1 is 0.935 bits per heavy atom. The summed E-state index contributed by atoms with van der Waals surface area (Å²) in [4.78, 5) is 10.9. The van der Waals surface area contributed by atoms with Crippen molar-refractivity contribution in [2.45, 2.75) is 16.7 Å². The molecule has 4 rings (SSSR count). The monoisotopic (exact) mass is 451 g/mol. The molecule has 0 saturated carbocycles. The highest BCUT2D eigenvalue weighted by atomic mass is 32.2. The smallest absolute Gasteiger partial charge is 0.188 e. The number of rotatable bonds is 8. The first kappa shape index (κ1) is 21.0. The predicted molar refractivity (Wildman–Crippen MR) is 125 cm³/mol. The fourth-order valence-corrected chi connectivity index (χ4v) is 4.41. The lowest BCUT2D eigenvalue weighted by atomic mass is 10.3. The molecule has 31 heavy (non-hydrogen) atoms. The summed E-state index contributed by atoms with van der Waals surface area (Å²) in [6, 6.07) is 17.3. The van der Waals surface area contributed by atoms with Crippen LogP contribution in [0.4, 0.5) is 10.9 Å². The molecule has 0 radical (unpaired) electrons. The maximum atomic E-state index is 6.15. The first-order valence-corrected chi connectivity index (χ1v) is 11.2. The minimum Gasteiger partial charge on any atom is -0.497 e. The Balaban J connectivity index is 1.67. The molecule has 4 aromatic rings. The molecule has 0 bridgehead atoms. The summed E-state index contributed by atoms with van der Waals surface area (Å²) in [6.45, 7) is 1.96. The highest BCUT2D eigenvalue weighted by Crippen LogP contribution is 2.40. The van der Waals surface area contributed by atoms with Crippen LogP contribution in [0.3, 0.4) is 0 Å². The van der Waals surface area contributed by atoms with Crippen molar-refractivity contribution in [1.29, 1.82) is 0 Å². The molecule has 6 nitrogen and oxygen atoms in total. The molecule has 0 saturated heterocycles. The van der Waals surface area contributed by atoms with Crippen LogP contribution in [-0.4, -0.2) is 24.2 Å². The van der Waals surface area contributed by atoms with Crippen LogP contribution in [0.1, 0.15) is 5.69 Å². The van der Waals surface area contributed by atoms with Crippen LogP contribution >= 0.6 is 23.1 Å². The van der Waals surface area contributed by atoms with Crippen LogP contribution in [-0.2, 0) is 0 Å². The van der Waals surface area contributed by atoms with E-state index in [0.717, 1.165) is 37.9 Å². The molecule has 8 heteroatoms. The van der Waals surface area contributed by atoms with Gasteiger partial charge in [-0.1, -0.05) is 30.0 Å². The number of methoxy groups -OCH3 is 2. The molecule has 0 amide bonds. The lowest BCUT2D eigenvalue weighted by molar-refractivity contribution is 0.394. The number of benzene rings is 2. The molecule has 0 aliphatic carbocycles. The normalized spacial score (nSPS) is 10.5. The third-order valence-corrected chi connectivity index (χ3v) is 6.12. The number of hydrogen-bond acceptors (Lipinski definition) is 8. The van der Waals surface area contributed by atoms with Gasteiger partial charge in [0.2, 0.25) is 0 Å². The van der Waals surface area contributed by atoms with Gasteiger partial charge in [-0.3, -0.25) is 0 Å². The van der Waals surface area contributed by atoms with E-state index in [1.807, 2.05) is 66.9 Å². The van der Waals surface area contributed by atoms with Crippen molar-refractivity contribution >= 4 is 34.0 Å². The van der Waals surface area contributed by atoms with Gasteiger partial charge in [0.05, 0.1) is 24.8 Å². The molecule has 0 unspecified atom stereocenters. The first-order chi connectivity index (χ1) is 15.1. The van der Waals surface area contributed by atoms with E-state index in [0.29, 0.717) is 11.6 Å². The maximum Gasteiger partial charge on any atom is 0.188 e. The van der Waals surface area contributed by atoms with Gasteiger partial charge in [-0.25, -0.2) is 9.97 Å². The Labute approximate surface area is 189 Å². The Kier molecular flexibility index (Phi) is 6.59. The molecule has 0 aliphatic heterocycles. The van der Waals surface area contributed by atoms with E-state index in [1.165, 1.54) is 23.1 Å². The van der Waals surface area contributed by atoms with Crippen molar-refractivity contribution in [1.82, 2.24) is 9.97 Å². The molecular weight excluding hydrogens is 430 g/mol. The third kappa shape index (κ3) is 5.28. The summed E-state index contributed by atoms with van der Waals surface area (Å²) in [7, 11) is 3.29. The summed E-state index contributed by atoms with van der Waals surface area (Å²) in [5, 5.41) is 6.01. The molecule has 0 atom stereocenters. The minimum atomic E-state index is 0.597. The summed E-state index contributed by atoms with van der Waals surface area (Å²) in [5.74, 6) is 3.45. The van der Waals surface area contributed by atoms with Crippen molar-refractivity contribution in [3.05, 3.63) is 71.9 Å². The molecule has 2 aromatic heterocycles. The van der Waals surface area contributed by atoms with Gasteiger partial charge in [0.1, 0.15) is 17.2 Å². The van der Waals surface area contributed by atoms with Crippen LogP contribution in [0.5, 0.6) is 23.0 Å². The van der Waals surface area contributed by atoms with E-state index in [2.05, 4.69) is 15.3 Å². The Hall–Kier alpha value is -3.23. The molecule has 2 heterocycles. The van der Waals surface area contributed by atoms with Gasteiger partial charge in [-0.05, 0) is 37.3 Å². The van der Waals surface area contributed by atoms with Crippen LogP contribution in [0, 0.1) is 6.92 Å². The SMILES string of the molecule is COc1ccc(OC)c(Sc2cnc(Nc3nc(C)cs3)c(Oc3ccccc3)c2)c1. The molecule has 0 aliphatic rings. The van der Waals surface area contributed by atoms with Crippen LogP contribution in [0.15, 0.2) is 76.0 Å². The number of ether oxygens (including phenoxy) is 3. The van der Waals surface area contributed by atoms with Crippen molar-refractivity contribution in [3.8, 4) is 23.0 Å². The van der Waals surface area contributed by atoms with Crippen LogP contribution in [0.2, 0.25) is 0 Å². The standard InChI is InChI=1S/C23H21N3O3S2/c1-15-14-30-23(25-15)26-22-20(29-16-7-5-4-6-8-16)12-18(13-24-22)31-21-11-17(27-2)9-10-19(21)28-3/h4-14H,1-3H3,(H,24,25,26). The van der Waals surface area contributed by atoms with Crippen molar-refractivity contribution in [3.63, 3.8) is 0 Å². The first-order valence-electron chi connectivity index (χ1n) is 9.46. The second kappa shape index (κ2) is 9.72. The van der Waals surface area contributed by atoms with Gasteiger partial charge in [0, 0.05) is 22.5 Å². The number of pyridine rings is 1. The zero-order valence-electron chi connectivity index (χ0n) is 17.3. The highest BCUT2D eigenvalue weighted by molar-refractivity contribution is 7.99. The summed E-state index contributed by atoms with van der Waals surface area (Å²) < 4.78 is 17.0. The Bertz CT molecular complexity index is 1170. The summed E-state index contributed by atoms with van der Waals surface area (Å²) in [6.07, 6.45) is 1.80. The number of aryl methyl sites for hydroxylation is 1. The quantitative estimate of drug-likeness (QED) is 0.326. The average molecular weight is 452 g/mol. The van der Waals surface area contributed by atoms with Crippen LogP contribution in [0.25, 0.3) is 0 Å². The van der Waals surface area contributed by atoms with E-state index < -0.39 is 0 Å². The molecule has 2 aromatic carbocycles. The van der Waals surface area contributed by atoms with E-state index in [4.69, 9.17) is 14.2 Å². The molecular formula is C23H21N3O3S2. The summed E-state index contributed by atoms with van der Waals surface area (Å²) >= 11 is 3.05. The number of anilines is 2. The lowest BCUT2D eigenvalue weighted by Gasteiger charge is -2.14. The predicted octanol–water partition coefficient (Wildman–Crippen LogP) is 6.55. The van der Waals surface area contributed by atoms with Gasteiger partial charge in [-0.2, -0.15) is 0 Å². The van der Waals surface area contributed by atoms with Crippen molar-refractivity contribution in [2.24, 2.45) is 0 Å². The van der Waals surface area contributed by atoms with Gasteiger partial charge < -0.3 is 19.5 Å². The van der Waals surface area contributed by atoms with Gasteiger partial charge in [0.15, 0.2) is 16.7 Å². The second-order valence-electron chi connectivity index (χ2n) is 6.47. The van der Waals surface area contributed by atoms with Crippen molar-refractivity contribution < 1.29 is 14.2 Å². The topological polar surface area (TPSA) is 65.5 Å². The number of para-hydroxylation sites is 1. The van der Waals surface area contributed by atoms with E-state index >= 15 is 0 Å². The molecule has 158 valence electrons. The zero-order valence-corrected chi connectivity index (χ0v) is 18.9. The van der Waals surface area contributed by atoms with Crippen LogP contribution < -0.4 is 19.5 Å². The summed E-state index contributed by atoms with van der Waals surface area (Å²) in [5.41, 5.74) is 0.954. The number of nitrogens with one attached hydrogen (secondary N) is 1. The zero-order chi connectivity index (χ0) is 21.6. The van der Waals surface area contributed by atoms with E-state index in [1.54, 1.807) is 20.4 Å². The fraction of sp³-hybridized carbons (Fsp3) is 0.130. The number of thiazole rings is 1. The fourth-order valence-electron chi connectivity index (χ4n) is 2.77. The Morgan fingerprint density at radius 3 is 2.48 bits per heavy atom. The average Bonchev–Trinajstić information content (AvgIpc) is 3.20. The van der Waals surface area contributed by atoms with E-state index in [9.17, 15) is 0 Å². The number of nitrogens with zero attached hydrogens (tertiary/aromatic N) is 2.